The summed E-state index contributed by atoms with van der Waals surface area (Å²) in [6.45, 7) is 2.12. The van der Waals surface area contributed by atoms with Crippen molar-refractivity contribution in [2.75, 3.05) is 13.2 Å². The van der Waals surface area contributed by atoms with Crippen molar-refractivity contribution >= 4 is 0 Å². The molecule has 0 N–H and O–H groups in total. The van der Waals surface area contributed by atoms with Crippen LogP contribution in [0, 0.1) is 0 Å². The van der Waals surface area contributed by atoms with Crippen molar-refractivity contribution in [2.24, 2.45) is 0 Å². The Kier molecular flexibility index (Phi) is 3.74. The summed E-state index contributed by atoms with van der Waals surface area (Å²) in [5.74, 6) is 0. The Bertz CT molecular complexity index is 397. The van der Waals surface area contributed by atoms with E-state index in [9.17, 15) is 0 Å². The van der Waals surface area contributed by atoms with E-state index in [-0.39, 0.29) is 18.3 Å². The Morgan fingerprint density at radius 1 is 1.22 bits per heavy atom. The first-order valence-corrected chi connectivity index (χ1v) is 6.47. The minimum absolute atomic E-state index is 0.129. The van der Waals surface area contributed by atoms with Crippen LogP contribution in [0.5, 0.6) is 0 Å². The van der Waals surface area contributed by atoms with Crippen LogP contribution in [0.3, 0.4) is 0 Å². The van der Waals surface area contributed by atoms with E-state index in [1.165, 1.54) is 5.56 Å². The monoisotopic (exact) mass is 246 g/mol. The molecular formula is C15H18O3. The second-order valence-corrected chi connectivity index (χ2v) is 4.76. The van der Waals surface area contributed by atoms with E-state index in [4.69, 9.17) is 14.2 Å². The van der Waals surface area contributed by atoms with Gasteiger partial charge in [0.05, 0.1) is 25.9 Å². The second-order valence-electron chi connectivity index (χ2n) is 4.76. The van der Waals surface area contributed by atoms with E-state index in [1.54, 1.807) is 0 Å². The summed E-state index contributed by atoms with van der Waals surface area (Å²) >= 11 is 0. The lowest BCUT2D eigenvalue weighted by molar-refractivity contribution is -0.0564. The Balaban J connectivity index is 1.42. The molecule has 1 fully saturated rings. The third kappa shape index (κ3) is 3.19. The minimum atomic E-state index is 0.129. The maximum Gasteiger partial charge on any atom is 0.111 e. The minimum Gasteiger partial charge on any atom is -0.374 e. The van der Waals surface area contributed by atoms with Gasteiger partial charge in [-0.15, -0.1) is 0 Å². The van der Waals surface area contributed by atoms with E-state index in [2.05, 4.69) is 24.3 Å². The molecule has 3 atom stereocenters. The summed E-state index contributed by atoms with van der Waals surface area (Å²) in [5.41, 5.74) is 1.20. The molecule has 2 aliphatic rings. The van der Waals surface area contributed by atoms with Crippen LogP contribution in [0.2, 0.25) is 0 Å². The van der Waals surface area contributed by atoms with Gasteiger partial charge in [-0.3, -0.25) is 0 Å². The number of rotatable bonds is 5. The van der Waals surface area contributed by atoms with Gasteiger partial charge in [0.2, 0.25) is 0 Å². The van der Waals surface area contributed by atoms with Crippen molar-refractivity contribution in [2.45, 2.75) is 31.3 Å². The van der Waals surface area contributed by atoms with E-state index in [0.717, 1.165) is 13.0 Å². The van der Waals surface area contributed by atoms with Gasteiger partial charge in [0.25, 0.3) is 0 Å². The molecule has 0 saturated carbocycles. The van der Waals surface area contributed by atoms with E-state index in [0.29, 0.717) is 13.2 Å². The molecule has 1 aromatic rings. The maximum absolute atomic E-state index is 5.91. The molecule has 0 spiro atoms. The normalized spacial score (nSPS) is 30.3. The Labute approximate surface area is 107 Å². The fraction of sp³-hybridized carbons (Fsp3) is 0.467. The first-order valence-electron chi connectivity index (χ1n) is 6.47. The highest BCUT2D eigenvalue weighted by molar-refractivity contribution is 5.13. The summed E-state index contributed by atoms with van der Waals surface area (Å²) in [5, 5.41) is 0. The predicted octanol–water partition coefficient (Wildman–Crippen LogP) is 2.32. The number of hydrogen-bond donors (Lipinski definition) is 0. The highest BCUT2D eigenvalue weighted by Crippen LogP contribution is 2.24. The molecule has 0 radical (unpaired) electrons. The lowest BCUT2D eigenvalue weighted by Gasteiger charge is -2.24. The van der Waals surface area contributed by atoms with E-state index >= 15 is 0 Å². The van der Waals surface area contributed by atoms with Crippen molar-refractivity contribution in [1.29, 1.82) is 0 Å². The fourth-order valence-corrected chi connectivity index (χ4v) is 2.13. The van der Waals surface area contributed by atoms with Gasteiger partial charge in [-0.1, -0.05) is 42.5 Å². The van der Waals surface area contributed by atoms with Crippen molar-refractivity contribution in [1.82, 2.24) is 0 Å². The van der Waals surface area contributed by atoms with Crippen LogP contribution in [0.4, 0.5) is 0 Å². The molecule has 2 heterocycles. The zero-order valence-corrected chi connectivity index (χ0v) is 10.3. The van der Waals surface area contributed by atoms with Crippen LogP contribution in [-0.4, -0.2) is 31.5 Å². The molecule has 0 bridgehead atoms. The van der Waals surface area contributed by atoms with Crippen LogP contribution in [0.1, 0.15) is 12.0 Å². The van der Waals surface area contributed by atoms with Gasteiger partial charge in [0.1, 0.15) is 12.2 Å². The molecule has 18 heavy (non-hydrogen) atoms. The van der Waals surface area contributed by atoms with Gasteiger partial charge in [-0.2, -0.15) is 0 Å². The molecule has 0 aliphatic carbocycles. The molecule has 1 aromatic carbocycles. The molecule has 0 unspecified atom stereocenters. The first kappa shape index (κ1) is 11.9. The van der Waals surface area contributed by atoms with Crippen molar-refractivity contribution in [3.63, 3.8) is 0 Å². The molecule has 3 rings (SSSR count). The number of hydrogen-bond acceptors (Lipinski definition) is 3. The molecule has 1 saturated heterocycles. The van der Waals surface area contributed by atoms with Gasteiger partial charge in [0.15, 0.2) is 0 Å². The van der Waals surface area contributed by atoms with Crippen LogP contribution >= 0.6 is 0 Å². The van der Waals surface area contributed by atoms with Crippen molar-refractivity contribution in [3.05, 3.63) is 48.0 Å². The zero-order chi connectivity index (χ0) is 12.2. The highest BCUT2D eigenvalue weighted by Gasteiger charge is 2.34. The van der Waals surface area contributed by atoms with Crippen LogP contribution in [0.15, 0.2) is 42.5 Å². The Hall–Kier alpha value is -1.16. The first-order chi connectivity index (χ1) is 8.92. The lowest BCUT2D eigenvalue weighted by Crippen LogP contribution is -2.31. The Morgan fingerprint density at radius 2 is 2.06 bits per heavy atom. The van der Waals surface area contributed by atoms with Gasteiger partial charge in [-0.05, 0) is 12.0 Å². The summed E-state index contributed by atoms with van der Waals surface area (Å²) < 4.78 is 16.9. The lowest BCUT2D eigenvalue weighted by atomic mass is 10.1. The van der Waals surface area contributed by atoms with Gasteiger partial charge in [-0.25, -0.2) is 0 Å². The quantitative estimate of drug-likeness (QED) is 0.590. The molecule has 3 nitrogen and oxygen atoms in total. The number of epoxide rings is 1. The topological polar surface area (TPSA) is 31.0 Å². The number of benzene rings is 1. The van der Waals surface area contributed by atoms with Crippen LogP contribution in [0.25, 0.3) is 0 Å². The van der Waals surface area contributed by atoms with Gasteiger partial charge >= 0.3 is 0 Å². The van der Waals surface area contributed by atoms with Crippen LogP contribution in [-0.2, 0) is 20.8 Å². The molecule has 3 heteroatoms. The average Bonchev–Trinajstić information content (AvgIpc) is 3.25. The largest absolute Gasteiger partial charge is 0.374 e. The molecular weight excluding hydrogens is 228 g/mol. The standard InChI is InChI=1S/C15H18O3/c1-2-5-12(6-3-1)9-16-10-13-7-4-8-14(18-13)15-11-17-15/h1-6,8,13-15H,7,9-11H2/t13-,14+,15-/m0/s1. The Morgan fingerprint density at radius 3 is 2.83 bits per heavy atom. The highest BCUT2D eigenvalue weighted by atomic mass is 16.6. The molecule has 0 amide bonds. The third-order valence-electron chi connectivity index (χ3n) is 3.22. The van der Waals surface area contributed by atoms with Gasteiger partial charge in [0, 0.05) is 0 Å². The number of ether oxygens (including phenoxy) is 3. The average molecular weight is 246 g/mol. The van der Waals surface area contributed by atoms with Crippen molar-refractivity contribution in [3.8, 4) is 0 Å². The third-order valence-corrected chi connectivity index (χ3v) is 3.22. The summed E-state index contributed by atoms with van der Waals surface area (Å²) in [6, 6.07) is 10.2. The summed E-state index contributed by atoms with van der Waals surface area (Å²) in [7, 11) is 0. The van der Waals surface area contributed by atoms with E-state index in [1.807, 2.05) is 18.2 Å². The maximum atomic E-state index is 5.91. The van der Waals surface area contributed by atoms with Crippen LogP contribution < -0.4 is 0 Å². The predicted molar refractivity (Wildman–Crippen MR) is 68.3 cm³/mol. The summed E-state index contributed by atoms with van der Waals surface area (Å²) in [6.07, 6.45) is 5.77. The van der Waals surface area contributed by atoms with Gasteiger partial charge < -0.3 is 14.2 Å². The molecule has 0 aromatic heterocycles. The zero-order valence-electron chi connectivity index (χ0n) is 10.3. The fourth-order valence-electron chi connectivity index (χ4n) is 2.13. The molecule has 2 aliphatic heterocycles. The van der Waals surface area contributed by atoms with Crippen molar-refractivity contribution < 1.29 is 14.2 Å². The SMILES string of the molecule is C1=C[C@H]([C@@H]2CO2)O[C@H](COCc2ccccc2)C1. The molecule has 96 valence electrons. The second kappa shape index (κ2) is 5.65. The van der Waals surface area contributed by atoms with E-state index < -0.39 is 0 Å². The smallest absolute Gasteiger partial charge is 0.111 e. The summed E-state index contributed by atoms with van der Waals surface area (Å²) in [4.78, 5) is 0.